The van der Waals surface area contributed by atoms with Gasteiger partial charge in [-0.05, 0) is 78.8 Å². The number of sulfonamides is 1. The van der Waals surface area contributed by atoms with Crippen LogP contribution < -0.4 is 10.9 Å². The van der Waals surface area contributed by atoms with Crippen LogP contribution in [0.5, 0.6) is 0 Å². The van der Waals surface area contributed by atoms with Crippen LogP contribution in [0.4, 0.5) is 5.69 Å². The van der Waals surface area contributed by atoms with Crippen molar-refractivity contribution in [2.24, 2.45) is 0 Å². The molecule has 1 heterocycles. The van der Waals surface area contributed by atoms with Gasteiger partial charge in [0.2, 0.25) is 10.0 Å². The summed E-state index contributed by atoms with van der Waals surface area (Å²) < 4.78 is 31.9. The first kappa shape index (κ1) is 23.0. The predicted octanol–water partition coefficient (Wildman–Crippen LogP) is 4.70. The lowest BCUT2D eigenvalue weighted by atomic mass is 9.95. The average Bonchev–Trinajstić information content (AvgIpc) is 2.67. The molecule has 6 nitrogen and oxygen atoms in total. The molecule has 0 spiro atoms. The topological polar surface area (TPSA) is 79.6 Å². The summed E-state index contributed by atoms with van der Waals surface area (Å²) in [6.07, 6.45) is 0. The number of rotatable bonds is 6. The number of hydrogen-bond donors (Lipinski definition) is 1. The van der Waals surface area contributed by atoms with Crippen molar-refractivity contribution in [2.45, 2.75) is 52.0 Å². The first-order valence-corrected chi connectivity index (χ1v) is 11.7. The highest BCUT2D eigenvalue weighted by atomic mass is 32.2. The van der Waals surface area contributed by atoms with Gasteiger partial charge in [0.25, 0.3) is 0 Å². The Hall–Kier alpha value is -2.64. The van der Waals surface area contributed by atoms with Gasteiger partial charge in [0.05, 0.1) is 4.90 Å². The van der Waals surface area contributed by atoms with Crippen LogP contribution in [-0.2, 0) is 16.6 Å². The molecule has 0 amide bonds. The van der Waals surface area contributed by atoms with Gasteiger partial charge in [0.15, 0.2) is 0 Å². The van der Waals surface area contributed by atoms with Crippen molar-refractivity contribution in [3.63, 3.8) is 0 Å². The van der Waals surface area contributed by atoms with Crippen LogP contribution in [0.2, 0.25) is 0 Å². The van der Waals surface area contributed by atoms with Crippen molar-refractivity contribution in [3.05, 3.63) is 68.6 Å². The van der Waals surface area contributed by atoms with E-state index in [0.717, 1.165) is 33.3 Å². The van der Waals surface area contributed by atoms with Crippen LogP contribution in [0, 0.1) is 20.8 Å². The van der Waals surface area contributed by atoms with E-state index in [4.69, 9.17) is 4.42 Å². The van der Waals surface area contributed by atoms with Gasteiger partial charge in [-0.15, -0.1) is 0 Å². The van der Waals surface area contributed by atoms with Crippen molar-refractivity contribution in [1.29, 1.82) is 0 Å². The fourth-order valence-corrected chi connectivity index (χ4v) is 4.73. The number of aryl methyl sites for hydroxylation is 2. The molecule has 3 rings (SSSR count). The van der Waals surface area contributed by atoms with E-state index < -0.39 is 15.6 Å². The lowest BCUT2D eigenvalue weighted by molar-refractivity contribution is 0.520. The Labute approximate surface area is 183 Å². The molecule has 0 saturated carbocycles. The monoisotopic (exact) mass is 442 g/mol. The van der Waals surface area contributed by atoms with E-state index in [-0.39, 0.29) is 4.90 Å². The molecule has 1 aromatic heterocycles. The Balaban J connectivity index is 2.06. The summed E-state index contributed by atoms with van der Waals surface area (Å²) in [5.41, 5.74) is 5.81. The maximum atomic E-state index is 12.6. The minimum absolute atomic E-state index is 0.234. The number of fused-ring (bicyclic) bond motifs is 1. The van der Waals surface area contributed by atoms with Crippen molar-refractivity contribution in [3.8, 4) is 0 Å². The molecular formula is C24H30N2O4S. The first-order valence-electron chi connectivity index (χ1n) is 10.3. The molecule has 0 fully saturated rings. The molecule has 31 heavy (non-hydrogen) atoms. The van der Waals surface area contributed by atoms with E-state index in [1.807, 2.05) is 26.8 Å². The molecule has 0 radical (unpaired) electrons. The lowest BCUT2D eigenvalue weighted by Gasteiger charge is -2.18. The number of nitrogens with zero attached hydrogens (tertiary/aromatic N) is 1. The summed E-state index contributed by atoms with van der Waals surface area (Å²) in [4.78, 5) is 12.4. The maximum absolute atomic E-state index is 12.6. The molecule has 3 aromatic rings. The molecule has 0 saturated heterocycles. The summed E-state index contributed by atoms with van der Waals surface area (Å²) in [5.74, 6) is 0.343. The molecule has 0 aliphatic carbocycles. The second-order valence-corrected chi connectivity index (χ2v) is 10.7. The minimum atomic E-state index is -3.55. The van der Waals surface area contributed by atoms with Crippen LogP contribution in [0.1, 0.15) is 47.6 Å². The van der Waals surface area contributed by atoms with Gasteiger partial charge in [-0.1, -0.05) is 13.8 Å². The Morgan fingerprint density at radius 1 is 1.00 bits per heavy atom. The first-order chi connectivity index (χ1) is 14.4. The summed E-state index contributed by atoms with van der Waals surface area (Å²) in [7, 11) is -0.524. The predicted molar refractivity (Wildman–Crippen MR) is 125 cm³/mol. The smallest absolute Gasteiger partial charge is 0.336 e. The molecule has 0 unspecified atom stereocenters. The Morgan fingerprint density at radius 3 is 2.29 bits per heavy atom. The standard InChI is InChI=1S/C24H30N2O4S/c1-14(2)20-12-21-18(10-24(27)30-23(21)9-16(20)4)13-25-22-11-19(8-15(3)17(22)5)31(28,29)26(6)7/h8-12,14,25H,13H2,1-7H3. The van der Waals surface area contributed by atoms with E-state index in [9.17, 15) is 13.2 Å². The maximum Gasteiger partial charge on any atom is 0.336 e. The number of benzene rings is 2. The summed E-state index contributed by atoms with van der Waals surface area (Å²) in [6, 6.07) is 8.82. The third kappa shape index (κ3) is 4.52. The SMILES string of the molecule is Cc1cc2oc(=O)cc(CNc3cc(S(=O)(=O)N(C)C)cc(C)c3C)c2cc1C(C)C. The normalized spacial score (nSPS) is 12.2. The highest BCUT2D eigenvalue weighted by Gasteiger charge is 2.20. The summed E-state index contributed by atoms with van der Waals surface area (Å²) >= 11 is 0. The fourth-order valence-electron chi connectivity index (χ4n) is 3.72. The second-order valence-electron chi connectivity index (χ2n) is 8.50. The largest absolute Gasteiger partial charge is 0.423 e. The van der Waals surface area contributed by atoms with Crippen molar-refractivity contribution >= 4 is 26.7 Å². The molecule has 2 aromatic carbocycles. The van der Waals surface area contributed by atoms with Crippen LogP contribution in [0.3, 0.4) is 0 Å². The summed E-state index contributed by atoms with van der Waals surface area (Å²) in [5, 5.41) is 4.22. The third-order valence-electron chi connectivity index (χ3n) is 5.73. The lowest BCUT2D eigenvalue weighted by Crippen LogP contribution is -2.22. The van der Waals surface area contributed by atoms with E-state index in [0.29, 0.717) is 18.0 Å². The molecule has 166 valence electrons. The van der Waals surface area contributed by atoms with Gasteiger partial charge in [-0.3, -0.25) is 0 Å². The van der Waals surface area contributed by atoms with Crippen LogP contribution in [-0.4, -0.2) is 26.8 Å². The van der Waals surface area contributed by atoms with Gasteiger partial charge in [0.1, 0.15) is 5.58 Å². The minimum Gasteiger partial charge on any atom is -0.423 e. The van der Waals surface area contributed by atoms with Gasteiger partial charge < -0.3 is 9.73 Å². The fraction of sp³-hybridized carbons (Fsp3) is 0.375. The third-order valence-corrected chi connectivity index (χ3v) is 7.52. The second kappa shape index (κ2) is 8.48. The van der Waals surface area contributed by atoms with Crippen LogP contribution in [0.25, 0.3) is 11.0 Å². The zero-order valence-corrected chi connectivity index (χ0v) is 20.0. The van der Waals surface area contributed by atoms with E-state index >= 15 is 0 Å². The van der Waals surface area contributed by atoms with E-state index in [2.05, 4.69) is 25.2 Å². The molecule has 0 aliphatic heterocycles. The van der Waals surface area contributed by atoms with E-state index in [1.54, 1.807) is 12.1 Å². The van der Waals surface area contributed by atoms with E-state index in [1.165, 1.54) is 30.0 Å². The molecule has 7 heteroatoms. The van der Waals surface area contributed by atoms with Crippen molar-refractivity contribution in [1.82, 2.24) is 4.31 Å². The van der Waals surface area contributed by atoms with Gasteiger partial charge in [-0.25, -0.2) is 17.5 Å². The molecule has 0 aliphatic rings. The average molecular weight is 443 g/mol. The molecule has 0 bridgehead atoms. The zero-order valence-electron chi connectivity index (χ0n) is 19.2. The van der Waals surface area contributed by atoms with Crippen molar-refractivity contribution in [2.75, 3.05) is 19.4 Å². The number of hydrogen-bond acceptors (Lipinski definition) is 5. The zero-order chi connectivity index (χ0) is 23.1. The number of nitrogens with one attached hydrogen (secondary N) is 1. The Bertz CT molecular complexity index is 1310. The molecule has 1 N–H and O–H groups in total. The highest BCUT2D eigenvalue weighted by molar-refractivity contribution is 7.89. The van der Waals surface area contributed by atoms with Crippen molar-refractivity contribution < 1.29 is 12.8 Å². The Kier molecular flexibility index (Phi) is 6.30. The Morgan fingerprint density at radius 2 is 1.68 bits per heavy atom. The number of anilines is 1. The van der Waals surface area contributed by atoms with Crippen LogP contribution in [0.15, 0.2) is 44.4 Å². The molecule has 0 atom stereocenters. The van der Waals surface area contributed by atoms with Crippen LogP contribution >= 0.6 is 0 Å². The highest BCUT2D eigenvalue weighted by Crippen LogP contribution is 2.29. The quantitative estimate of drug-likeness (QED) is 0.560. The van der Waals surface area contributed by atoms with Gasteiger partial charge >= 0.3 is 5.63 Å². The van der Waals surface area contributed by atoms with Gasteiger partial charge in [-0.2, -0.15) is 0 Å². The molecular weight excluding hydrogens is 412 g/mol. The van der Waals surface area contributed by atoms with Gasteiger partial charge in [0, 0.05) is 37.8 Å². The summed E-state index contributed by atoms with van der Waals surface area (Å²) in [6.45, 7) is 10.5.